The summed E-state index contributed by atoms with van der Waals surface area (Å²) in [6.45, 7) is 0.149. The molecular formula is C11H14BrFN2O5S. The molecule has 21 heavy (non-hydrogen) atoms. The zero-order valence-electron chi connectivity index (χ0n) is 10.9. The number of primary sulfonamides is 1. The van der Waals surface area contributed by atoms with Crippen LogP contribution in [-0.4, -0.2) is 25.7 Å². The first kappa shape index (κ1) is 17.8. The van der Waals surface area contributed by atoms with Crippen LogP contribution in [0.15, 0.2) is 16.6 Å². The van der Waals surface area contributed by atoms with Crippen LogP contribution < -0.4 is 9.88 Å². The summed E-state index contributed by atoms with van der Waals surface area (Å²) in [4.78, 5) is 10.1. The number of nitro groups is 1. The predicted molar refractivity (Wildman–Crippen MR) is 78.1 cm³/mol. The van der Waals surface area contributed by atoms with Gasteiger partial charge >= 0.3 is 5.69 Å². The zero-order chi connectivity index (χ0) is 16.0. The van der Waals surface area contributed by atoms with E-state index < -0.39 is 26.5 Å². The lowest BCUT2D eigenvalue weighted by Gasteiger charge is -2.08. The lowest BCUT2D eigenvalue weighted by Crippen LogP contribution is -2.16. The van der Waals surface area contributed by atoms with Crippen LogP contribution in [0.3, 0.4) is 0 Å². The molecule has 0 saturated heterocycles. The van der Waals surface area contributed by atoms with Crippen LogP contribution in [0.25, 0.3) is 0 Å². The highest BCUT2D eigenvalue weighted by Crippen LogP contribution is 2.36. The van der Waals surface area contributed by atoms with E-state index in [9.17, 15) is 22.9 Å². The Hall–Kier alpha value is -1.26. The smallest absolute Gasteiger partial charge is 0.315 e. The van der Waals surface area contributed by atoms with Crippen molar-refractivity contribution in [2.24, 2.45) is 5.14 Å². The van der Waals surface area contributed by atoms with Crippen molar-refractivity contribution in [2.45, 2.75) is 19.3 Å². The summed E-state index contributed by atoms with van der Waals surface area (Å²) in [7, 11) is -3.47. The second-order valence-corrected chi connectivity index (χ2v) is 6.86. The Morgan fingerprint density at radius 3 is 2.57 bits per heavy atom. The van der Waals surface area contributed by atoms with Gasteiger partial charge in [-0.15, -0.1) is 0 Å². The molecule has 0 aliphatic rings. The number of sulfonamides is 1. The molecule has 118 valence electrons. The number of hydrogen-bond acceptors (Lipinski definition) is 5. The zero-order valence-corrected chi connectivity index (χ0v) is 13.3. The van der Waals surface area contributed by atoms with Crippen molar-refractivity contribution in [1.82, 2.24) is 0 Å². The highest BCUT2D eigenvalue weighted by Gasteiger charge is 2.20. The third kappa shape index (κ3) is 6.36. The van der Waals surface area contributed by atoms with Crippen LogP contribution in [0.4, 0.5) is 10.1 Å². The van der Waals surface area contributed by atoms with E-state index in [0.29, 0.717) is 19.3 Å². The summed E-state index contributed by atoms with van der Waals surface area (Å²) in [5.74, 6) is -0.908. The fourth-order valence-electron chi connectivity index (χ4n) is 1.58. The molecule has 0 atom stereocenters. The number of nitrogens with zero attached hydrogens (tertiary/aromatic N) is 1. The third-order valence-electron chi connectivity index (χ3n) is 2.51. The van der Waals surface area contributed by atoms with E-state index in [1.54, 1.807) is 0 Å². The van der Waals surface area contributed by atoms with Crippen LogP contribution in [0.2, 0.25) is 0 Å². The molecule has 0 spiro atoms. The fourth-order valence-corrected chi connectivity index (χ4v) is 2.72. The Balaban J connectivity index is 2.54. The van der Waals surface area contributed by atoms with Gasteiger partial charge < -0.3 is 4.74 Å². The molecule has 0 aromatic heterocycles. The molecular weight excluding hydrogens is 371 g/mol. The minimum atomic E-state index is -3.47. The van der Waals surface area contributed by atoms with Gasteiger partial charge in [-0.05, 0) is 41.3 Å². The van der Waals surface area contributed by atoms with Crippen molar-refractivity contribution in [2.75, 3.05) is 12.4 Å². The number of rotatable bonds is 8. The summed E-state index contributed by atoms with van der Waals surface area (Å²) in [5.41, 5.74) is -0.466. The number of nitro benzene ring substituents is 1. The maximum Gasteiger partial charge on any atom is 0.315 e. The van der Waals surface area contributed by atoms with Gasteiger partial charge in [-0.2, -0.15) is 0 Å². The molecule has 0 fully saturated rings. The third-order valence-corrected chi connectivity index (χ3v) is 3.95. The molecule has 1 aromatic carbocycles. The van der Waals surface area contributed by atoms with Crippen molar-refractivity contribution in [3.63, 3.8) is 0 Å². The van der Waals surface area contributed by atoms with Gasteiger partial charge in [0.05, 0.1) is 27.8 Å². The number of unbranched alkanes of at least 4 members (excludes halogenated alkanes) is 2. The Morgan fingerprint density at radius 1 is 1.33 bits per heavy atom. The Labute approximate surface area is 129 Å². The Bertz CT molecular complexity index is 623. The van der Waals surface area contributed by atoms with Crippen molar-refractivity contribution >= 4 is 31.6 Å². The second-order valence-electron chi connectivity index (χ2n) is 4.27. The number of ether oxygens (including phenoxy) is 1. The van der Waals surface area contributed by atoms with Crippen molar-refractivity contribution in [3.05, 3.63) is 32.5 Å². The molecule has 0 bridgehead atoms. The lowest BCUT2D eigenvalue weighted by atomic mass is 10.2. The van der Waals surface area contributed by atoms with E-state index in [1.165, 1.54) is 0 Å². The molecule has 1 rings (SSSR count). The minimum absolute atomic E-state index is 0.0483. The quantitative estimate of drug-likeness (QED) is 0.419. The lowest BCUT2D eigenvalue weighted by molar-refractivity contribution is -0.386. The summed E-state index contributed by atoms with van der Waals surface area (Å²) >= 11 is 3.01. The van der Waals surface area contributed by atoms with Crippen LogP contribution in [0.1, 0.15) is 19.3 Å². The molecule has 2 N–H and O–H groups in total. The number of nitrogens with two attached hydrogens (primary N) is 1. The van der Waals surface area contributed by atoms with Gasteiger partial charge in [-0.3, -0.25) is 10.1 Å². The summed E-state index contributed by atoms with van der Waals surface area (Å²) < 4.78 is 40.0. The molecule has 0 radical (unpaired) electrons. The molecule has 0 amide bonds. The monoisotopic (exact) mass is 384 g/mol. The van der Waals surface area contributed by atoms with Gasteiger partial charge in [-0.1, -0.05) is 0 Å². The summed E-state index contributed by atoms with van der Waals surface area (Å²) in [5, 5.41) is 15.7. The Morgan fingerprint density at radius 2 is 2.00 bits per heavy atom. The molecule has 7 nitrogen and oxygen atoms in total. The topological polar surface area (TPSA) is 113 Å². The average molecular weight is 385 g/mol. The summed E-state index contributed by atoms with van der Waals surface area (Å²) in [6, 6.07) is 1.85. The molecule has 10 heteroatoms. The Kier molecular flexibility index (Phi) is 6.49. The predicted octanol–water partition coefficient (Wildman–Crippen LogP) is 2.33. The minimum Gasteiger partial charge on any atom is -0.486 e. The maximum absolute atomic E-state index is 13.1. The van der Waals surface area contributed by atoms with Crippen LogP contribution >= 0.6 is 15.9 Å². The normalized spacial score (nSPS) is 11.4. The van der Waals surface area contributed by atoms with E-state index in [2.05, 4.69) is 15.9 Å². The molecule has 0 aliphatic carbocycles. The van der Waals surface area contributed by atoms with Gasteiger partial charge in [-0.25, -0.2) is 17.9 Å². The molecule has 0 unspecified atom stereocenters. The van der Waals surface area contributed by atoms with Gasteiger partial charge in [0, 0.05) is 0 Å². The molecule has 0 aliphatic heterocycles. The van der Waals surface area contributed by atoms with Gasteiger partial charge in [0.15, 0.2) is 0 Å². The highest BCUT2D eigenvalue weighted by molar-refractivity contribution is 9.10. The van der Waals surface area contributed by atoms with Crippen LogP contribution in [0, 0.1) is 15.9 Å². The number of benzene rings is 1. The van der Waals surface area contributed by atoms with Crippen molar-refractivity contribution in [3.8, 4) is 5.75 Å². The fraction of sp³-hybridized carbons (Fsp3) is 0.455. The van der Waals surface area contributed by atoms with Gasteiger partial charge in [0.2, 0.25) is 15.8 Å². The van der Waals surface area contributed by atoms with E-state index in [-0.39, 0.29) is 22.6 Å². The van der Waals surface area contributed by atoms with Crippen molar-refractivity contribution < 1.29 is 22.5 Å². The largest absolute Gasteiger partial charge is 0.486 e. The van der Waals surface area contributed by atoms with Crippen LogP contribution in [-0.2, 0) is 10.0 Å². The van der Waals surface area contributed by atoms with Gasteiger partial charge in [0.25, 0.3) is 0 Å². The van der Waals surface area contributed by atoms with E-state index >= 15 is 0 Å². The van der Waals surface area contributed by atoms with E-state index in [4.69, 9.17) is 9.88 Å². The van der Waals surface area contributed by atoms with Gasteiger partial charge in [0.1, 0.15) is 5.82 Å². The SMILES string of the molecule is NS(=O)(=O)CCCCCOc1c(Br)cc(F)cc1[N+](=O)[O-]. The maximum atomic E-state index is 13.1. The first-order chi connectivity index (χ1) is 9.70. The number of hydrogen-bond donors (Lipinski definition) is 1. The number of halogens is 2. The molecule has 0 heterocycles. The molecule has 1 aromatic rings. The van der Waals surface area contributed by atoms with Crippen LogP contribution in [0.5, 0.6) is 5.75 Å². The highest BCUT2D eigenvalue weighted by atomic mass is 79.9. The van der Waals surface area contributed by atoms with Crippen molar-refractivity contribution in [1.29, 1.82) is 0 Å². The summed E-state index contributed by atoms with van der Waals surface area (Å²) in [6.07, 6.45) is 1.43. The standard InChI is InChI=1S/C11H14BrFN2O5S/c12-9-6-8(13)7-10(15(16)17)11(9)20-4-2-1-3-5-21(14,18)19/h6-7H,1-5H2,(H2,14,18,19). The van der Waals surface area contributed by atoms with E-state index in [0.717, 1.165) is 12.1 Å². The first-order valence-corrected chi connectivity index (χ1v) is 8.48. The second kappa shape index (κ2) is 7.66. The van der Waals surface area contributed by atoms with E-state index in [1.807, 2.05) is 0 Å². The average Bonchev–Trinajstić information content (AvgIpc) is 2.33. The first-order valence-electron chi connectivity index (χ1n) is 5.97. The molecule has 0 saturated carbocycles.